The van der Waals surface area contributed by atoms with Gasteiger partial charge in [-0.25, -0.2) is 4.98 Å². The fraction of sp³-hybridized carbons (Fsp3) is 0.353. The molecule has 116 valence electrons. The molecule has 0 aliphatic rings. The molecule has 1 atom stereocenters. The highest BCUT2D eigenvalue weighted by Crippen LogP contribution is 2.18. The summed E-state index contributed by atoms with van der Waals surface area (Å²) >= 11 is 0. The monoisotopic (exact) mass is 298 g/mol. The Morgan fingerprint density at radius 3 is 2.50 bits per heavy atom. The molecule has 1 aromatic carbocycles. The first kappa shape index (κ1) is 16.1. The summed E-state index contributed by atoms with van der Waals surface area (Å²) in [6.45, 7) is 2.66. The highest BCUT2D eigenvalue weighted by molar-refractivity contribution is 5.91. The van der Waals surface area contributed by atoms with Crippen molar-refractivity contribution in [1.29, 1.82) is 0 Å². The molecule has 0 saturated heterocycles. The second-order valence-electron chi connectivity index (χ2n) is 5.38. The van der Waals surface area contributed by atoms with Gasteiger partial charge in [0, 0.05) is 18.9 Å². The van der Waals surface area contributed by atoms with E-state index >= 15 is 0 Å². The predicted octanol–water partition coefficient (Wildman–Crippen LogP) is 2.07. The zero-order valence-corrected chi connectivity index (χ0v) is 13.3. The second-order valence-corrected chi connectivity index (χ2v) is 5.38. The molecule has 1 unspecified atom stereocenters. The van der Waals surface area contributed by atoms with Gasteiger partial charge in [0.1, 0.15) is 5.69 Å². The molecule has 22 heavy (non-hydrogen) atoms. The molecule has 5 nitrogen and oxygen atoms in total. The van der Waals surface area contributed by atoms with Gasteiger partial charge in [-0.05, 0) is 31.6 Å². The van der Waals surface area contributed by atoms with Crippen LogP contribution in [0.3, 0.4) is 0 Å². The van der Waals surface area contributed by atoms with Crippen LogP contribution in [0.1, 0.15) is 34.6 Å². The number of hydrogen-bond acceptors (Lipinski definition) is 4. The summed E-state index contributed by atoms with van der Waals surface area (Å²) in [6.07, 6.45) is 5.56. The Kier molecular flexibility index (Phi) is 5.61. The fourth-order valence-corrected chi connectivity index (χ4v) is 2.27. The predicted molar refractivity (Wildman–Crippen MR) is 86.6 cm³/mol. The lowest BCUT2D eigenvalue weighted by Crippen LogP contribution is -2.34. The molecule has 5 heteroatoms. The Morgan fingerprint density at radius 2 is 1.95 bits per heavy atom. The number of nitrogens with zero attached hydrogens (tertiary/aromatic N) is 3. The molecule has 0 fully saturated rings. The van der Waals surface area contributed by atoms with E-state index in [1.165, 1.54) is 23.5 Å². The zero-order valence-electron chi connectivity index (χ0n) is 13.3. The summed E-state index contributed by atoms with van der Waals surface area (Å²) in [5, 5.41) is 2.92. The number of aryl methyl sites for hydroxylation is 1. The van der Waals surface area contributed by atoms with Crippen molar-refractivity contribution in [3.8, 4) is 0 Å². The van der Waals surface area contributed by atoms with Crippen LogP contribution in [0.2, 0.25) is 0 Å². The molecule has 1 amide bonds. The Bertz CT molecular complexity index is 596. The summed E-state index contributed by atoms with van der Waals surface area (Å²) in [6, 6.07) is 8.63. The Morgan fingerprint density at radius 1 is 1.23 bits per heavy atom. The van der Waals surface area contributed by atoms with E-state index in [1.807, 2.05) is 14.1 Å². The Balaban J connectivity index is 2.04. The van der Waals surface area contributed by atoms with Crippen molar-refractivity contribution in [3.05, 3.63) is 59.7 Å². The maximum atomic E-state index is 12.1. The minimum absolute atomic E-state index is 0.117. The van der Waals surface area contributed by atoms with Crippen LogP contribution < -0.4 is 5.32 Å². The molecule has 0 radical (unpaired) electrons. The van der Waals surface area contributed by atoms with Gasteiger partial charge in [0.2, 0.25) is 0 Å². The minimum Gasteiger partial charge on any atom is -0.349 e. The molecule has 0 bridgehead atoms. The van der Waals surface area contributed by atoms with Crippen molar-refractivity contribution < 1.29 is 4.79 Å². The van der Waals surface area contributed by atoms with Crippen LogP contribution in [-0.2, 0) is 6.42 Å². The zero-order chi connectivity index (χ0) is 15.9. The van der Waals surface area contributed by atoms with Crippen LogP contribution in [-0.4, -0.2) is 41.4 Å². The van der Waals surface area contributed by atoms with Crippen LogP contribution >= 0.6 is 0 Å². The van der Waals surface area contributed by atoms with E-state index < -0.39 is 0 Å². The number of aromatic nitrogens is 2. The summed E-state index contributed by atoms with van der Waals surface area (Å²) < 4.78 is 0. The second kappa shape index (κ2) is 7.66. The van der Waals surface area contributed by atoms with Gasteiger partial charge in [-0.15, -0.1) is 0 Å². The Labute approximate surface area is 131 Å². The summed E-state index contributed by atoms with van der Waals surface area (Å²) in [5.41, 5.74) is 2.83. The van der Waals surface area contributed by atoms with Gasteiger partial charge < -0.3 is 10.2 Å². The van der Waals surface area contributed by atoms with Crippen molar-refractivity contribution in [1.82, 2.24) is 20.2 Å². The van der Waals surface area contributed by atoms with E-state index in [9.17, 15) is 4.79 Å². The van der Waals surface area contributed by atoms with Crippen molar-refractivity contribution in [3.63, 3.8) is 0 Å². The van der Waals surface area contributed by atoms with E-state index in [0.29, 0.717) is 12.2 Å². The van der Waals surface area contributed by atoms with E-state index in [-0.39, 0.29) is 11.9 Å². The van der Waals surface area contributed by atoms with Crippen LogP contribution in [0.5, 0.6) is 0 Å². The topological polar surface area (TPSA) is 58.1 Å². The standard InChI is InChI=1S/C17H22N4O/c1-4-13-5-7-14(8-6-13)16(21(2)3)12-20-17(22)15-11-18-9-10-19-15/h5-11,16H,4,12H2,1-3H3,(H,20,22). The number of benzene rings is 1. The van der Waals surface area contributed by atoms with Crippen LogP contribution in [0.15, 0.2) is 42.9 Å². The third-order valence-corrected chi connectivity index (χ3v) is 3.65. The van der Waals surface area contributed by atoms with Gasteiger partial charge in [0.15, 0.2) is 0 Å². The summed E-state index contributed by atoms with van der Waals surface area (Å²) in [5.74, 6) is -0.204. The number of carbonyl (C=O) groups excluding carboxylic acids is 1. The maximum Gasteiger partial charge on any atom is 0.271 e. The Hall–Kier alpha value is -2.27. The highest BCUT2D eigenvalue weighted by Gasteiger charge is 2.16. The molecule has 1 heterocycles. The normalized spacial score (nSPS) is 12.2. The molecule has 2 aromatic rings. The fourth-order valence-electron chi connectivity index (χ4n) is 2.27. The van der Waals surface area contributed by atoms with Gasteiger partial charge in [0.25, 0.3) is 5.91 Å². The number of likely N-dealkylation sites (N-methyl/N-ethyl adjacent to an activating group) is 1. The molecule has 2 rings (SSSR count). The van der Waals surface area contributed by atoms with E-state index in [2.05, 4.69) is 51.4 Å². The average molecular weight is 298 g/mol. The van der Waals surface area contributed by atoms with Gasteiger partial charge in [-0.1, -0.05) is 31.2 Å². The molecule has 0 aliphatic heterocycles. The number of amides is 1. The van der Waals surface area contributed by atoms with Crippen LogP contribution in [0, 0.1) is 0 Å². The van der Waals surface area contributed by atoms with Gasteiger partial charge in [0.05, 0.1) is 12.2 Å². The molecular formula is C17H22N4O. The van der Waals surface area contributed by atoms with Crippen LogP contribution in [0.25, 0.3) is 0 Å². The summed E-state index contributed by atoms with van der Waals surface area (Å²) in [4.78, 5) is 22.1. The number of carbonyl (C=O) groups is 1. The van der Waals surface area contributed by atoms with E-state index in [1.54, 1.807) is 6.20 Å². The largest absolute Gasteiger partial charge is 0.349 e. The molecule has 1 N–H and O–H groups in total. The van der Waals surface area contributed by atoms with Crippen molar-refractivity contribution >= 4 is 5.91 Å². The number of nitrogens with one attached hydrogen (secondary N) is 1. The molecular weight excluding hydrogens is 276 g/mol. The van der Waals surface area contributed by atoms with Gasteiger partial charge >= 0.3 is 0 Å². The molecule has 0 saturated carbocycles. The third-order valence-electron chi connectivity index (χ3n) is 3.65. The highest BCUT2D eigenvalue weighted by atomic mass is 16.1. The van der Waals surface area contributed by atoms with Crippen molar-refractivity contribution in [2.45, 2.75) is 19.4 Å². The third kappa shape index (κ3) is 4.11. The number of hydrogen-bond donors (Lipinski definition) is 1. The number of rotatable bonds is 6. The lowest BCUT2D eigenvalue weighted by Gasteiger charge is -2.25. The quantitative estimate of drug-likeness (QED) is 0.887. The van der Waals surface area contributed by atoms with E-state index in [0.717, 1.165) is 6.42 Å². The van der Waals surface area contributed by atoms with Gasteiger partial charge in [-0.3, -0.25) is 9.78 Å². The molecule has 0 spiro atoms. The lowest BCUT2D eigenvalue weighted by molar-refractivity contribution is 0.0936. The molecule has 0 aliphatic carbocycles. The first-order valence-electron chi connectivity index (χ1n) is 7.41. The van der Waals surface area contributed by atoms with E-state index in [4.69, 9.17) is 0 Å². The minimum atomic E-state index is -0.204. The maximum absolute atomic E-state index is 12.1. The first-order valence-corrected chi connectivity index (χ1v) is 7.41. The lowest BCUT2D eigenvalue weighted by atomic mass is 10.0. The van der Waals surface area contributed by atoms with Gasteiger partial charge in [-0.2, -0.15) is 0 Å². The molecule has 1 aromatic heterocycles. The smallest absolute Gasteiger partial charge is 0.271 e. The first-order chi connectivity index (χ1) is 10.6. The SMILES string of the molecule is CCc1ccc(C(CNC(=O)c2cnccn2)N(C)C)cc1. The van der Waals surface area contributed by atoms with Crippen LogP contribution in [0.4, 0.5) is 0 Å². The average Bonchev–Trinajstić information content (AvgIpc) is 2.56. The summed E-state index contributed by atoms with van der Waals surface area (Å²) in [7, 11) is 4.01. The van der Waals surface area contributed by atoms with Crippen molar-refractivity contribution in [2.24, 2.45) is 0 Å². The van der Waals surface area contributed by atoms with Crippen molar-refractivity contribution in [2.75, 3.05) is 20.6 Å².